The lowest BCUT2D eigenvalue weighted by atomic mass is 10.1. The van der Waals surface area contributed by atoms with E-state index >= 15 is 0 Å². The number of allylic oxidation sites excluding steroid dienone is 2. The molecule has 8 heteroatoms. The van der Waals surface area contributed by atoms with Crippen LogP contribution in [0.5, 0.6) is 0 Å². The number of nitrogens with zero attached hydrogens (tertiary/aromatic N) is 4. The summed E-state index contributed by atoms with van der Waals surface area (Å²) in [4.78, 5) is 28.2. The van der Waals surface area contributed by atoms with Gasteiger partial charge in [-0.3, -0.25) is 4.79 Å². The fourth-order valence-corrected chi connectivity index (χ4v) is 4.48. The van der Waals surface area contributed by atoms with Crippen molar-refractivity contribution in [3.8, 4) is 0 Å². The molecule has 3 heterocycles. The number of ether oxygens (including phenoxy) is 1. The summed E-state index contributed by atoms with van der Waals surface area (Å²) in [5.74, 6) is 0.699. The van der Waals surface area contributed by atoms with Crippen molar-refractivity contribution in [1.29, 1.82) is 0 Å². The van der Waals surface area contributed by atoms with E-state index < -0.39 is 0 Å². The van der Waals surface area contributed by atoms with E-state index in [0.717, 1.165) is 54.6 Å². The van der Waals surface area contributed by atoms with Gasteiger partial charge in [0.25, 0.3) is 0 Å². The van der Waals surface area contributed by atoms with E-state index in [1.165, 1.54) is 23.2 Å². The molecule has 3 rings (SSSR count). The SMILES string of the molecule is C/C=C1/CCOC1C/C=C(\CC)N(C)C=Nc1c(C=O)sc2ncnc(NCC)c12. The first-order valence-electron chi connectivity index (χ1n) is 10.3. The summed E-state index contributed by atoms with van der Waals surface area (Å²) >= 11 is 1.33. The molecule has 0 aliphatic carbocycles. The fraction of sp³-hybridized carbons (Fsp3) is 0.455. The molecule has 1 unspecified atom stereocenters. The maximum atomic E-state index is 11.6. The van der Waals surface area contributed by atoms with Crippen molar-refractivity contribution < 1.29 is 9.53 Å². The van der Waals surface area contributed by atoms with Crippen LogP contribution in [0.3, 0.4) is 0 Å². The van der Waals surface area contributed by atoms with Gasteiger partial charge in [-0.1, -0.05) is 19.1 Å². The molecule has 160 valence electrons. The standard InChI is InChI=1S/C22H29N5O2S/c1-5-15-10-11-29-17(15)9-8-16(6-2)27(4)14-26-20-18(12-28)30-22-19(20)21(23-7-3)24-13-25-22/h5,8,12-14,17H,6-7,9-11H2,1-4H3,(H,23,24,25)/b15-5-,16-8+,26-14?. The van der Waals surface area contributed by atoms with Gasteiger partial charge in [-0.25, -0.2) is 15.0 Å². The Labute approximate surface area is 181 Å². The number of carbonyl (C=O) groups is 1. The van der Waals surface area contributed by atoms with E-state index in [-0.39, 0.29) is 6.10 Å². The van der Waals surface area contributed by atoms with Gasteiger partial charge < -0.3 is 15.0 Å². The Balaban J connectivity index is 1.85. The van der Waals surface area contributed by atoms with E-state index in [2.05, 4.69) is 46.3 Å². The molecule has 0 radical (unpaired) electrons. The molecule has 2 aromatic rings. The second kappa shape index (κ2) is 10.4. The van der Waals surface area contributed by atoms with Crippen LogP contribution in [0.15, 0.2) is 34.7 Å². The monoisotopic (exact) mass is 427 g/mol. The molecule has 0 aromatic carbocycles. The van der Waals surface area contributed by atoms with Gasteiger partial charge in [-0.05, 0) is 38.7 Å². The molecule has 1 atom stereocenters. The molecule has 7 nitrogen and oxygen atoms in total. The largest absolute Gasteiger partial charge is 0.373 e. The first kappa shape index (κ1) is 22.1. The van der Waals surface area contributed by atoms with Crippen LogP contribution in [0.4, 0.5) is 11.5 Å². The minimum Gasteiger partial charge on any atom is -0.373 e. The summed E-state index contributed by atoms with van der Waals surface area (Å²) in [6.45, 7) is 7.72. The molecule has 0 spiro atoms. The zero-order valence-corrected chi connectivity index (χ0v) is 18.8. The molecule has 1 aliphatic heterocycles. The highest BCUT2D eigenvalue weighted by Crippen LogP contribution is 2.39. The van der Waals surface area contributed by atoms with E-state index in [0.29, 0.717) is 16.4 Å². The third-order valence-corrected chi connectivity index (χ3v) is 6.19. The fourth-order valence-electron chi connectivity index (χ4n) is 3.58. The number of aromatic nitrogens is 2. The summed E-state index contributed by atoms with van der Waals surface area (Å²) in [7, 11) is 1.97. The summed E-state index contributed by atoms with van der Waals surface area (Å²) in [6, 6.07) is 0. The number of aliphatic imine (C=N–C) groups is 1. The van der Waals surface area contributed by atoms with Crippen molar-refractivity contribution in [3.63, 3.8) is 0 Å². The first-order chi connectivity index (χ1) is 14.6. The van der Waals surface area contributed by atoms with Gasteiger partial charge in [-0.15, -0.1) is 11.3 Å². The maximum Gasteiger partial charge on any atom is 0.162 e. The number of fused-ring (bicyclic) bond motifs is 1. The number of hydrogen-bond donors (Lipinski definition) is 1. The second-order valence-electron chi connectivity index (χ2n) is 6.98. The lowest BCUT2D eigenvalue weighted by molar-refractivity contribution is 0.112. The molecule has 2 aromatic heterocycles. The number of hydrogen-bond acceptors (Lipinski definition) is 7. The molecule has 0 saturated carbocycles. The van der Waals surface area contributed by atoms with Crippen LogP contribution in [-0.2, 0) is 4.74 Å². The van der Waals surface area contributed by atoms with Crippen LogP contribution in [0.2, 0.25) is 0 Å². The Hall–Kier alpha value is -2.58. The summed E-state index contributed by atoms with van der Waals surface area (Å²) in [5, 5.41) is 4.02. The first-order valence-corrected chi connectivity index (χ1v) is 11.1. The van der Waals surface area contributed by atoms with Crippen molar-refractivity contribution in [1.82, 2.24) is 14.9 Å². The lowest BCUT2D eigenvalue weighted by Crippen LogP contribution is -2.16. The van der Waals surface area contributed by atoms with Crippen molar-refractivity contribution in [3.05, 3.63) is 34.6 Å². The average molecular weight is 428 g/mol. The predicted molar refractivity (Wildman–Crippen MR) is 124 cm³/mol. The van der Waals surface area contributed by atoms with Crippen LogP contribution >= 0.6 is 11.3 Å². The maximum absolute atomic E-state index is 11.6. The highest BCUT2D eigenvalue weighted by atomic mass is 32.1. The summed E-state index contributed by atoms with van der Waals surface area (Å²) in [6.07, 6.45) is 11.4. The van der Waals surface area contributed by atoms with Gasteiger partial charge in [0.15, 0.2) is 6.29 Å². The number of nitrogens with one attached hydrogen (secondary N) is 1. The highest BCUT2D eigenvalue weighted by Gasteiger charge is 2.20. The van der Waals surface area contributed by atoms with Gasteiger partial charge in [0, 0.05) is 19.3 Å². The van der Waals surface area contributed by atoms with Crippen LogP contribution in [-0.4, -0.2) is 53.8 Å². The second-order valence-corrected chi connectivity index (χ2v) is 8.01. The normalized spacial score (nSPS) is 18.6. The average Bonchev–Trinajstić information content (AvgIpc) is 3.37. The van der Waals surface area contributed by atoms with Crippen molar-refractivity contribution in [2.24, 2.45) is 4.99 Å². The van der Waals surface area contributed by atoms with Crippen LogP contribution < -0.4 is 5.32 Å². The van der Waals surface area contributed by atoms with E-state index in [1.807, 2.05) is 18.9 Å². The van der Waals surface area contributed by atoms with E-state index in [1.54, 1.807) is 6.34 Å². The lowest BCUT2D eigenvalue weighted by Gasteiger charge is -2.18. The smallest absolute Gasteiger partial charge is 0.162 e. The number of thiophene rings is 1. The molecule has 1 fully saturated rings. The Morgan fingerprint density at radius 1 is 1.43 bits per heavy atom. The van der Waals surface area contributed by atoms with Gasteiger partial charge in [0.1, 0.15) is 17.0 Å². The number of anilines is 1. The van der Waals surface area contributed by atoms with Crippen LogP contribution in [0.25, 0.3) is 10.2 Å². The van der Waals surface area contributed by atoms with Gasteiger partial charge >= 0.3 is 0 Å². The third kappa shape index (κ3) is 4.76. The Morgan fingerprint density at radius 3 is 2.97 bits per heavy atom. The minimum absolute atomic E-state index is 0.171. The predicted octanol–water partition coefficient (Wildman–Crippen LogP) is 4.95. The van der Waals surface area contributed by atoms with Crippen molar-refractivity contribution in [2.75, 3.05) is 25.5 Å². The van der Waals surface area contributed by atoms with Gasteiger partial charge in [0.2, 0.25) is 0 Å². The molecule has 1 aliphatic rings. The Bertz CT molecular complexity index is 979. The minimum atomic E-state index is 0.171. The number of carbonyl (C=O) groups excluding carboxylic acids is 1. The Kier molecular flexibility index (Phi) is 7.70. The molecule has 0 amide bonds. The van der Waals surface area contributed by atoms with E-state index in [4.69, 9.17) is 4.74 Å². The van der Waals surface area contributed by atoms with Crippen molar-refractivity contribution in [2.45, 2.75) is 46.1 Å². The molecular formula is C22H29N5O2S. The zero-order valence-electron chi connectivity index (χ0n) is 18.0. The third-order valence-electron chi connectivity index (χ3n) is 5.18. The molecule has 0 bridgehead atoms. The van der Waals surface area contributed by atoms with Crippen molar-refractivity contribution >= 4 is 45.7 Å². The molecule has 30 heavy (non-hydrogen) atoms. The number of aldehydes is 1. The summed E-state index contributed by atoms with van der Waals surface area (Å²) < 4.78 is 5.84. The van der Waals surface area contributed by atoms with Gasteiger partial charge in [-0.2, -0.15) is 0 Å². The van der Waals surface area contributed by atoms with Gasteiger partial charge in [0.05, 0.1) is 35.0 Å². The molecular weight excluding hydrogens is 398 g/mol. The summed E-state index contributed by atoms with van der Waals surface area (Å²) in [5.41, 5.74) is 3.13. The Morgan fingerprint density at radius 2 is 2.27 bits per heavy atom. The molecule has 1 N–H and O–H groups in total. The number of rotatable bonds is 9. The zero-order chi connectivity index (χ0) is 21.5. The van der Waals surface area contributed by atoms with E-state index in [9.17, 15) is 4.79 Å². The van der Waals surface area contributed by atoms with Crippen LogP contribution in [0, 0.1) is 0 Å². The topological polar surface area (TPSA) is 79.7 Å². The molecule has 1 saturated heterocycles. The highest BCUT2D eigenvalue weighted by molar-refractivity contribution is 7.21. The van der Waals surface area contributed by atoms with Crippen LogP contribution in [0.1, 0.15) is 49.7 Å². The quantitative estimate of drug-likeness (QED) is 0.264.